The van der Waals surface area contributed by atoms with Crippen molar-refractivity contribution in [1.29, 1.82) is 0 Å². The van der Waals surface area contributed by atoms with E-state index in [0.717, 1.165) is 0 Å². The van der Waals surface area contributed by atoms with Crippen LogP contribution in [0.4, 0.5) is 0 Å². The first-order chi connectivity index (χ1) is 3.91. The Morgan fingerprint density at radius 2 is 2.12 bits per heavy atom. The maximum atomic E-state index is 2.36. The number of rotatable bonds is 3. The van der Waals surface area contributed by atoms with Crippen molar-refractivity contribution in [2.45, 2.75) is 13.3 Å². The second-order valence-corrected chi connectivity index (χ2v) is 2.51. The summed E-state index contributed by atoms with van der Waals surface area (Å²) < 4.78 is 1.21. The molecule has 0 aromatic carbocycles. The van der Waals surface area contributed by atoms with Gasteiger partial charge in [0.15, 0.2) is 0 Å². The molecule has 0 spiro atoms. The highest BCUT2D eigenvalue weighted by atomic mass is 127. The van der Waals surface area contributed by atoms with Gasteiger partial charge in [0.25, 0.3) is 0 Å². The Morgan fingerprint density at radius 3 is 2.62 bits per heavy atom. The molecule has 0 N–H and O–H groups in total. The lowest BCUT2D eigenvalue weighted by molar-refractivity contribution is 1.28. The van der Waals surface area contributed by atoms with Crippen molar-refractivity contribution in [3.05, 3.63) is 24.3 Å². The summed E-state index contributed by atoms with van der Waals surface area (Å²) in [7, 11) is 0. The van der Waals surface area contributed by atoms with Crippen molar-refractivity contribution in [1.82, 2.24) is 0 Å². The molecule has 8 heavy (non-hydrogen) atoms. The third kappa shape index (κ3) is 6.21. The first kappa shape index (κ1) is 8.21. The zero-order valence-electron chi connectivity index (χ0n) is 5.10. The average Bonchev–Trinajstić information content (AvgIpc) is 1.81. The molecule has 0 aromatic rings. The second-order valence-electron chi connectivity index (χ2n) is 1.43. The van der Waals surface area contributed by atoms with Crippen molar-refractivity contribution in [3.8, 4) is 0 Å². The van der Waals surface area contributed by atoms with Gasteiger partial charge < -0.3 is 0 Å². The summed E-state index contributed by atoms with van der Waals surface area (Å²) in [6.07, 6.45) is 9.52. The summed E-state index contributed by atoms with van der Waals surface area (Å²) in [5.41, 5.74) is 0. The molecule has 0 radical (unpaired) electrons. The molecule has 0 aliphatic carbocycles. The quantitative estimate of drug-likeness (QED) is 0.391. The van der Waals surface area contributed by atoms with Crippen molar-refractivity contribution in [2.24, 2.45) is 0 Å². The highest BCUT2D eigenvalue weighted by Crippen LogP contribution is 1.89. The molecule has 0 saturated carbocycles. The van der Waals surface area contributed by atoms with Crippen LogP contribution in [0.5, 0.6) is 0 Å². The van der Waals surface area contributed by atoms with E-state index in [1.807, 2.05) is 19.1 Å². The standard InChI is InChI=1S/C7H11I/c1-2-3-4-5-6-7-8/h2-5H,6-7H2,1H3. The summed E-state index contributed by atoms with van der Waals surface area (Å²) in [6.45, 7) is 2.02. The summed E-state index contributed by atoms with van der Waals surface area (Å²) in [4.78, 5) is 0. The zero-order chi connectivity index (χ0) is 6.24. The molecule has 46 valence electrons. The van der Waals surface area contributed by atoms with Gasteiger partial charge in [0, 0.05) is 4.43 Å². The molecule has 0 aliphatic heterocycles. The largest absolute Gasteiger partial charge is 0.0877 e. The predicted octanol–water partition coefficient (Wildman–Crippen LogP) is 2.94. The Hall–Kier alpha value is 0.210. The number of hydrogen-bond acceptors (Lipinski definition) is 0. The summed E-state index contributed by atoms with van der Waals surface area (Å²) in [6, 6.07) is 0. The summed E-state index contributed by atoms with van der Waals surface area (Å²) >= 11 is 2.36. The van der Waals surface area contributed by atoms with Crippen molar-refractivity contribution < 1.29 is 0 Å². The van der Waals surface area contributed by atoms with E-state index in [1.165, 1.54) is 10.8 Å². The SMILES string of the molecule is CC=CC=CCCI. The minimum atomic E-state index is 1.19. The Bertz CT molecular complexity index is 82.4. The molecule has 0 fully saturated rings. The minimum absolute atomic E-state index is 1.19. The Labute approximate surface area is 64.8 Å². The fourth-order valence-electron chi connectivity index (χ4n) is 0.349. The van der Waals surface area contributed by atoms with Crippen LogP contribution in [0, 0.1) is 0 Å². The lowest BCUT2D eigenvalue weighted by atomic mass is 10.4. The molecule has 0 heterocycles. The van der Waals surface area contributed by atoms with Crippen LogP contribution in [0.1, 0.15) is 13.3 Å². The highest BCUT2D eigenvalue weighted by Gasteiger charge is 1.68. The first-order valence-electron chi connectivity index (χ1n) is 2.75. The Balaban J connectivity index is 3.07. The lowest BCUT2D eigenvalue weighted by Gasteiger charge is -1.77. The number of alkyl halides is 1. The van der Waals surface area contributed by atoms with Gasteiger partial charge in [0.2, 0.25) is 0 Å². The monoisotopic (exact) mass is 222 g/mol. The van der Waals surface area contributed by atoms with Crippen LogP contribution in [0.3, 0.4) is 0 Å². The average molecular weight is 222 g/mol. The first-order valence-corrected chi connectivity index (χ1v) is 4.28. The molecule has 0 unspecified atom stereocenters. The second kappa shape index (κ2) is 7.21. The van der Waals surface area contributed by atoms with Crippen LogP contribution in [0.25, 0.3) is 0 Å². The maximum Gasteiger partial charge on any atom is 0.00300 e. The smallest absolute Gasteiger partial charge is 0.00300 e. The van der Waals surface area contributed by atoms with Gasteiger partial charge in [-0.15, -0.1) is 0 Å². The van der Waals surface area contributed by atoms with E-state index in [0.29, 0.717) is 0 Å². The van der Waals surface area contributed by atoms with Gasteiger partial charge >= 0.3 is 0 Å². The van der Waals surface area contributed by atoms with E-state index in [4.69, 9.17) is 0 Å². The molecule has 0 nitrogen and oxygen atoms in total. The minimum Gasteiger partial charge on any atom is -0.0877 e. The molecule has 0 amide bonds. The molecule has 0 aromatic heterocycles. The van der Waals surface area contributed by atoms with Gasteiger partial charge in [0.1, 0.15) is 0 Å². The fraction of sp³-hybridized carbons (Fsp3) is 0.429. The van der Waals surface area contributed by atoms with Gasteiger partial charge in [0.05, 0.1) is 0 Å². The van der Waals surface area contributed by atoms with Crippen molar-refractivity contribution in [2.75, 3.05) is 4.43 Å². The van der Waals surface area contributed by atoms with E-state index in [-0.39, 0.29) is 0 Å². The van der Waals surface area contributed by atoms with E-state index in [1.54, 1.807) is 0 Å². The van der Waals surface area contributed by atoms with Gasteiger partial charge in [-0.3, -0.25) is 0 Å². The van der Waals surface area contributed by atoms with E-state index in [2.05, 4.69) is 34.7 Å². The lowest BCUT2D eigenvalue weighted by Crippen LogP contribution is -1.62. The third-order valence-electron chi connectivity index (χ3n) is 0.715. The van der Waals surface area contributed by atoms with Crippen LogP contribution in [0.2, 0.25) is 0 Å². The van der Waals surface area contributed by atoms with E-state index < -0.39 is 0 Å². The molecule has 1 heteroatoms. The van der Waals surface area contributed by atoms with E-state index in [9.17, 15) is 0 Å². The molecule has 0 saturated heterocycles. The number of halogens is 1. The molecule has 0 atom stereocenters. The predicted molar refractivity (Wildman–Crippen MR) is 47.5 cm³/mol. The molecule has 0 bridgehead atoms. The van der Waals surface area contributed by atoms with Crippen LogP contribution in [-0.2, 0) is 0 Å². The maximum absolute atomic E-state index is 2.36. The van der Waals surface area contributed by atoms with Crippen molar-refractivity contribution >= 4 is 22.6 Å². The number of allylic oxidation sites excluding steroid dienone is 4. The number of hydrogen-bond donors (Lipinski definition) is 0. The van der Waals surface area contributed by atoms with E-state index >= 15 is 0 Å². The Kier molecular flexibility index (Phi) is 7.40. The summed E-state index contributed by atoms with van der Waals surface area (Å²) in [5, 5.41) is 0. The molecular weight excluding hydrogens is 211 g/mol. The summed E-state index contributed by atoms with van der Waals surface area (Å²) in [5.74, 6) is 0. The van der Waals surface area contributed by atoms with Crippen LogP contribution in [0.15, 0.2) is 24.3 Å². The van der Waals surface area contributed by atoms with Gasteiger partial charge in [-0.05, 0) is 13.3 Å². The third-order valence-corrected chi connectivity index (χ3v) is 1.34. The Morgan fingerprint density at radius 1 is 1.38 bits per heavy atom. The zero-order valence-corrected chi connectivity index (χ0v) is 7.26. The van der Waals surface area contributed by atoms with Crippen LogP contribution in [-0.4, -0.2) is 4.43 Å². The van der Waals surface area contributed by atoms with Gasteiger partial charge in [-0.25, -0.2) is 0 Å². The van der Waals surface area contributed by atoms with Gasteiger partial charge in [-0.2, -0.15) is 0 Å². The topological polar surface area (TPSA) is 0 Å². The normalized spacial score (nSPS) is 11.8. The fourth-order valence-corrected chi connectivity index (χ4v) is 0.708. The van der Waals surface area contributed by atoms with Gasteiger partial charge in [-0.1, -0.05) is 46.9 Å². The van der Waals surface area contributed by atoms with Crippen molar-refractivity contribution in [3.63, 3.8) is 0 Å². The molecular formula is C7H11I. The van der Waals surface area contributed by atoms with Crippen LogP contribution >= 0.6 is 22.6 Å². The molecule has 0 aliphatic rings. The van der Waals surface area contributed by atoms with Crippen LogP contribution < -0.4 is 0 Å². The molecule has 0 rings (SSSR count). The highest BCUT2D eigenvalue weighted by molar-refractivity contribution is 14.1.